The molecule has 3 rings (SSSR count). The lowest BCUT2D eigenvalue weighted by Gasteiger charge is -2.55. The molecule has 3 nitrogen and oxygen atoms in total. The van der Waals surface area contributed by atoms with Crippen LogP contribution in [0.3, 0.4) is 0 Å². The summed E-state index contributed by atoms with van der Waals surface area (Å²) in [6, 6.07) is 0. The molecule has 1 heterocycles. The Morgan fingerprint density at radius 2 is 2.12 bits per heavy atom. The lowest BCUT2D eigenvalue weighted by molar-refractivity contribution is -0.186. The Morgan fingerprint density at radius 1 is 1.35 bits per heavy atom. The number of ketones is 1. The van der Waals surface area contributed by atoms with Gasteiger partial charge in [0.15, 0.2) is 6.29 Å². The number of aliphatic hydroxyl groups is 1. The SMILES string of the molecule is CC1(C)CCC[C@]23C(O)OC[C@H]2C(=O)CC[C@@H]13. The summed E-state index contributed by atoms with van der Waals surface area (Å²) in [5.74, 6) is 0.704. The van der Waals surface area contributed by atoms with Crippen LogP contribution < -0.4 is 0 Å². The average molecular weight is 238 g/mol. The van der Waals surface area contributed by atoms with E-state index in [1.54, 1.807) is 0 Å². The van der Waals surface area contributed by atoms with Crippen molar-refractivity contribution in [3.63, 3.8) is 0 Å². The summed E-state index contributed by atoms with van der Waals surface area (Å²) in [4.78, 5) is 12.1. The summed E-state index contributed by atoms with van der Waals surface area (Å²) in [5, 5.41) is 10.3. The van der Waals surface area contributed by atoms with Crippen molar-refractivity contribution in [3.05, 3.63) is 0 Å². The van der Waals surface area contributed by atoms with Gasteiger partial charge in [0.2, 0.25) is 0 Å². The smallest absolute Gasteiger partial charge is 0.161 e. The molecule has 3 heteroatoms. The first-order valence-electron chi connectivity index (χ1n) is 6.81. The van der Waals surface area contributed by atoms with E-state index in [4.69, 9.17) is 4.74 Å². The molecule has 1 aliphatic heterocycles. The summed E-state index contributed by atoms with van der Waals surface area (Å²) in [6.45, 7) is 5.01. The van der Waals surface area contributed by atoms with Gasteiger partial charge in [0.1, 0.15) is 5.78 Å². The minimum Gasteiger partial charge on any atom is -0.367 e. The fourth-order valence-electron chi connectivity index (χ4n) is 4.82. The second kappa shape index (κ2) is 3.55. The molecule has 4 atom stereocenters. The molecule has 1 N–H and O–H groups in total. The number of ether oxygens (including phenoxy) is 1. The monoisotopic (exact) mass is 238 g/mol. The number of carbonyl (C=O) groups excluding carboxylic acids is 1. The Labute approximate surface area is 103 Å². The van der Waals surface area contributed by atoms with Crippen LogP contribution in [0.1, 0.15) is 46.0 Å². The molecule has 2 saturated carbocycles. The number of carbonyl (C=O) groups is 1. The molecule has 17 heavy (non-hydrogen) atoms. The van der Waals surface area contributed by atoms with E-state index < -0.39 is 6.29 Å². The number of Topliss-reactive ketones (excluding diaryl/α,β-unsaturated/α-hetero) is 1. The third kappa shape index (κ3) is 1.39. The lowest BCUT2D eigenvalue weighted by Crippen LogP contribution is -2.56. The number of aliphatic hydroxyl groups excluding tert-OH is 1. The first kappa shape index (κ1) is 11.7. The third-order valence-electron chi connectivity index (χ3n) is 5.62. The van der Waals surface area contributed by atoms with E-state index in [2.05, 4.69) is 13.8 Å². The summed E-state index contributed by atoms with van der Waals surface area (Å²) < 4.78 is 5.46. The molecule has 3 aliphatic rings. The fourth-order valence-corrected chi connectivity index (χ4v) is 4.82. The Morgan fingerprint density at radius 3 is 2.88 bits per heavy atom. The van der Waals surface area contributed by atoms with E-state index in [0.717, 1.165) is 19.3 Å². The van der Waals surface area contributed by atoms with Crippen molar-refractivity contribution in [2.45, 2.75) is 52.2 Å². The van der Waals surface area contributed by atoms with Crippen molar-refractivity contribution in [1.82, 2.24) is 0 Å². The first-order chi connectivity index (χ1) is 7.98. The normalized spacial score (nSPS) is 48.6. The second-order valence-electron chi connectivity index (χ2n) is 6.75. The van der Waals surface area contributed by atoms with E-state index in [1.807, 2.05) is 0 Å². The zero-order valence-corrected chi connectivity index (χ0v) is 10.7. The van der Waals surface area contributed by atoms with Crippen molar-refractivity contribution in [1.29, 1.82) is 0 Å². The van der Waals surface area contributed by atoms with Gasteiger partial charge in [-0.15, -0.1) is 0 Å². The van der Waals surface area contributed by atoms with E-state index >= 15 is 0 Å². The van der Waals surface area contributed by atoms with Gasteiger partial charge in [-0.05, 0) is 30.6 Å². The van der Waals surface area contributed by atoms with Crippen molar-refractivity contribution in [2.75, 3.05) is 6.61 Å². The first-order valence-corrected chi connectivity index (χ1v) is 6.81. The van der Waals surface area contributed by atoms with Gasteiger partial charge in [-0.25, -0.2) is 0 Å². The topological polar surface area (TPSA) is 46.5 Å². The van der Waals surface area contributed by atoms with Gasteiger partial charge >= 0.3 is 0 Å². The summed E-state index contributed by atoms with van der Waals surface area (Å²) in [5.41, 5.74) is -0.0387. The minimum absolute atomic E-state index is 0.0455. The lowest BCUT2D eigenvalue weighted by atomic mass is 9.48. The Bertz CT molecular complexity index is 349. The maximum absolute atomic E-state index is 12.1. The Balaban J connectivity index is 2.06. The number of hydrogen-bond acceptors (Lipinski definition) is 3. The number of rotatable bonds is 0. The molecule has 0 bridgehead atoms. The predicted molar refractivity (Wildman–Crippen MR) is 63.2 cm³/mol. The summed E-state index contributed by atoms with van der Waals surface area (Å²) >= 11 is 0. The van der Waals surface area contributed by atoms with Gasteiger partial charge in [0, 0.05) is 11.8 Å². The Kier molecular flexibility index (Phi) is 2.43. The molecule has 0 aromatic carbocycles. The van der Waals surface area contributed by atoms with E-state index in [0.29, 0.717) is 24.7 Å². The van der Waals surface area contributed by atoms with Crippen molar-refractivity contribution < 1.29 is 14.6 Å². The quantitative estimate of drug-likeness (QED) is 0.703. The van der Waals surface area contributed by atoms with Crippen LogP contribution >= 0.6 is 0 Å². The highest BCUT2D eigenvalue weighted by molar-refractivity contribution is 5.83. The fraction of sp³-hybridized carbons (Fsp3) is 0.929. The van der Waals surface area contributed by atoms with Crippen molar-refractivity contribution in [3.8, 4) is 0 Å². The predicted octanol–water partition coefficient (Wildman–Crippen LogP) is 2.13. The van der Waals surface area contributed by atoms with Crippen LogP contribution in [0.15, 0.2) is 0 Å². The Hall–Kier alpha value is -0.410. The molecule has 0 amide bonds. The minimum atomic E-state index is -0.721. The van der Waals surface area contributed by atoms with Crippen molar-refractivity contribution >= 4 is 5.78 Å². The highest BCUT2D eigenvalue weighted by Gasteiger charge is 2.64. The molecular formula is C14H22O3. The third-order valence-corrected chi connectivity index (χ3v) is 5.62. The molecule has 0 aromatic heterocycles. The standard InChI is InChI=1S/C14H22O3/c1-13(2)6-3-7-14-9(8-17-12(14)16)10(15)4-5-11(13)14/h9,11-12,16H,3-8H2,1-2H3/t9-,11-,12?,14-/m0/s1. The molecule has 0 aromatic rings. The van der Waals surface area contributed by atoms with Crippen LogP contribution in [0, 0.1) is 22.7 Å². The molecule has 1 spiro atoms. The number of hydrogen-bond donors (Lipinski definition) is 1. The van der Waals surface area contributed by atoms with Crippen LogP contribution in [-0.4, -0.2) is 23.8 Å². The van der Waals surface area contributed by atoms with E-state index in [-0.39, 0.29) is 16.7 Å². The van der Waals surface area contributed by atoms with Gasteiger partial charge in [-0.2, -0.15) is 0 Å². The molecule has 1 saturated heterocycles. The zero-order valence-electron chi connectivity index (χ0n) is 10.7. The van der Waals surface area contributed by atoms with Gasteiger partial charge in [-0.3, -0.25) is 4.79 Å². The van der Waals surface area contributed by atoms with Crippen LogP contribution in [0.25, 0.3) is 0 Å². The summed E-state index contributed by atoms with van der Waals surface area (Å²) in [7, 11) is 0. The van der Waals surface area contributed by atoms with Crippen LogP contribution in [-0.2, 0) is 9.53 Å². The van der Waals surface area contributed by atoms with E-state index in [1.165, 1.54) is 6.42 Å². The maximum atomic E-state index is 12.1. The van der Waals surface area contributed by atoms with Crippen LogP contribution in [0.5, 0.6) is 0 Å². The second-order valence-corrected chi connectivity index (χ2v) is 6.75. The van der Waals surface area contributed by atoms with Gasteiger partial charge in [0.05, 0.1) is 12.5 Å². The van der Waals surface area contributed by atoms with Gasteiger partial charge < -0.3 is 9.84 Å². The average Bonchev–Trinajstić information content (AvgIpc) is 2.57. The molecule has 2 aliphatic carbocycles. The molecule has 3 fully saturated rings. The summed E-state index contributed by atoms with van der Waals surface area (Å²) in [6.07, 6.45) is 4.15. The van der Waals surface area contributed by atoms with E-state index in [9.17, 15) is 9.90 Å². The highest BCUT2D eigenvalue weighted by atomic mass is 16.6. The van der Waals surface area contributed by atoms with Crippen LogP contribution in [0.4, 0.5) is 0 Å². The van der Waals surface area contributed by atoms with Gasteiger partial charge in [0.25, 0.3) is 0 Å². The largest absolute Gasteiger partial charge is 0.367 e. The maximum Gasteiger partial charge on any atom is 0.161 e. The molecule has 1 unspecified atom stereocenters. The van der Waals surface area contributed by atoms with Crippen LogP contribution in [0.2, 0.25) is 0 Å². The van der Waals surface area contributed by atoms with Gasteiger partial charge in [-0.1, -0.05) is 20.3 Å². The molecular weight excluding hydrogens is 216 g/mol. The zero-order chi connectivity index (χ0) is 12.3. The molecule has 96 valence electrons. The molecule has 0 radical (unpaired) electrons. The highest BCUT2D eigenvalue weighted by Crippen LogP contribution is 2.62. The van der Waals surface area contributed by atoms with Crippen molar-refractivity contribution in [2.24, 2.45) is 22.7 Å².